The molecule has 0 saturated heterocycles. The van der Waals surface area contributed by atoms with Gasteiger partial charge in [0.15, 0.2) is 5.78 Å². The molecule has 0 aliphatic heterocycles. The van der Waals surface area contributed by atoms with Crippen molar-refractivity contribution in [2.75, 3.05) is 19.5 Å². The van der Waals surface area contributed by atoms with E-state index >= 15 is 0 Å². The predicted octanol–water partition coefficient (Wildman–Crippen LogP) is 1.49. The second-order valence-electron chi connectivity index (χ2n) is 2.75. The van der Waals surface area contributed by atoms with Crippen LogP contribution in [-0.4, -0.2) is 19.5 Å². The Morgan fingerprint density at radius 2 is 2.15 bits per heavy atom. The maximum Gasteiger partial charge on any atom is 0.167 e. The maximum absolute atomic E-state index is 11.5. The van der Waals surface area contributed by atoms with E-state index in [1.165, 1.54) is 0 Å². The molecule has 2 N–H and O–H groups in total. The molecule has 70 valence electrons. The smallest absolute Gasteiger partial charge is 0.167 e. The second kappa shape index (κ2) is 4.62. The number of nitrogen functional groups attached to an aromatic ring is 1. The summed E-state index contributed by atoms with van der Waals surface area (Å²) in [5.41, 5.74) is 6.75. The number of carbonyl (C=O) groups is 1. The van der Waals surface area contributed by atoms with Crippen molar-refractivity contribution >= 4 is 11.5 Å². The van der Waals surface area contributed by atoms with Gasteiger partial charge in [-0.25, -0.2) is 0 Å². The minimum Gasteiger partial charge on any atom is -0.398 e. The van der Waals surface area contributed by atoms with Crippen molar-refractivity contribution in [2.24, 2.45) is 0 Å². The fourth-order valence-corrected chi connectivity index (χ4v) is 1.08. The number of carbonyl (C=O) groups excluding carboxylic acids is 1. The van der Waals surface area contributed by atoms with E-state index in [0.29, 0.717) is 24.3 Å². The number of hydrogen-bond acceptors (Lipinski definition) is 3. The highest BCUT2D eigenvalue weighted by Crippen LogP contribution is 2.12. The van der Waals surface area contributed by atoms with E-state index in [2.05, 4.69) is 0 Å². The number of para-hydroxylation sites is 1. The predicted molar refractivity (Wildman–Crippen MR) is 51.7 cm³/mol. The third-order valence-electron chi connectivity index (χ3n) is 1.79. The zero-order valence-electron chi connectivity index (χ0n) is 7.62. The Labute approximate surface area is 77.5 Å². The van der Waals surface area contributed by atoms with Crippen molar-refractivity contribution in [3.05, 3.63) is 29.8 Å². The van der Waals surface area contributed by atoms with Crippen LogP contribution in [0.3, 0.4) is 0 Å². The summed E-state index contributed by atoms with van der Waals surface area (Å²) in [6, 6.07) is 7.06. The fraction of sp³-hybridized carbons (Fsp3) is 0.300. The Hall–Kier alpha value is -1.35. The molecule has 0 bridgehead atoms. The van der Waals surface area contributed by atoms with Gasteiger partial charge in [0, 0.05) is 24.8 Å². The van der Waals surface area contributed by atoms with Crippen LogP contribution in [0.2, 0.25) is 0 Å². The lowest BCUT2D eigenvalue weighted by atomic mass is 10.1. The van der Waals surface area contributed by atoms with E-state index in [-0.39, 0.29) is 5.78 Å². The molecular formula is C10H13NO2. The van der Waals surface area contributed by atoms with Crippen LogP contribution in [0.1, 0.15) is 16.8 Å². The highest BCUT2D eigenvalue weighted by atomic mass is 16.5. The Morgan fingerprint density at radius 1 is 1.46 bits per heavy atom. The molecule has 0 fully saturated rings. The maximum atomic E-state index is 11.5. The number of benzene rings is 1. The van der Waals surface area contributed by atoms with E-state index in [9.17, 15) is 4.79 Å². The molecular weight excluding hydrogens is 166 g/mol. The molecule has 3 nitrogen and oxygen atoms in total. The number of ketones is 1. The molecule has 1 aromatic carbocycles. The van der Waals surface area contributed by atoms with Crippen LogP contribution >= 0.6 is 0 Å². The first-order chi connectivity index (χ1) is 6.25. The van der Waals surface area contributed by atoms with Gasteiger partial charge in [0.25, 0.3) is 0 Å². The summed E-state index contributed by atoms with van der Waals surface area (Å²) >= 11 is 0. The minimum absolute atomic E-state index is 0.0277. The van der Waals surface area contributed by atoms with E-state index in [1.807, 2.05) is 6.07 Å². The van der Waals surface area contributed by atoms with Crippen LogP contribution in [0.5, 0.6) is 0 Å². The second-order valence-corrected chi connectivity index (χ2v) is 2.75. The van der Waals surface area contributed by atoms with Crippen molar-refractivity contribution in [1.82, 2.24) is 0 Å². The number of anilines is 1. The summed E-state index contributed by atoms with van der Waals surface area (Å²) in [5.74, 6) is 0.0277. The normalized spacial score (nSPS) is 9.92. The van der Waals surface area contributed by atoms with Crippen molar-refractivity contribution in [1.29, 1.82) is 0 Å². The fourth-order valence-electron chi connectivity index (χ4n) is 1.08. The van der Waals surface area contributed by atoms with Crippen LogP contribution in [0.15, 0.2) is 24.3 Å². The summed E-state index contributed by atoms with van der Waals surface area (Å²) in [7, 11) is 1.57. The molecule has 0 spiro atoms. The van der Waals surface area contributed by atoms with Crippen molar-refractivity contribution in [2.45, 2.75) is 6.42 Å². The molecule has 0 saturated carbocycles. The van der Waals surface area contributed by atoms with Crippen LogP contribution in [-0.2, 0) is 4.74 Å². The molecule has 0 aliphatic carbocycles. The number of ether oxygens (including phenoxy) is 1. The lowest BCUT2D eigenvalue weighted by Gasteiger charge is -2.03. The Bertz CT molecular complexity index is 297. The van der Waals surface area contributed by atoms with Crippen LogP contribution in [0.4, 0.5) is 5.69 Å². The molecule has 13 heavy (non-hydrogen) atoms. The summed E-state index contributed by atoms with van der Waals surface area (Å²) in [4.78, 5) is 11.5. The molecule has 0 unspecified atom stereocenters. The molecule has 0 aliphatic rings. The summed E-state index contributed by atoms with van der Waals surface area (Å²) < 4.78 is 4.81. The number of Topliss-reactive ketones (excluding diaryl/α,β-unsaturated/α-hetero) is 1. The molecule has 0 heterocycles. The molecule has 1 rings (SSSR count). The van der Waals surface area contributed by atoms with Gasteiger partial charge < -0.3 is 10.5 Å². The molecule has 1 aromatic rings. The van der Waals surface area contributed by atoms with Gasteiger partial charge in [-0.15, -0.1) is 0 Å². The monoisotopic (exact) mass is 179 g/mol. The largest absolute Gasteiger partial charge is 0.398 e. The number of nitrogens with two attached hydrogens (primary N) is 1. The molecule has 3 heteroatoms. The lowest BCUT2D eigenvalue weighted by Crippen LogP contribution is -2.06. The number of hydrogen-bond donors (Lipinski definition) is 1. The highest BCUT2D eigenvalue weighted by molar-refractivity contribution is 6.00. The molecule has 0 atom stereocenters. The van der Waals surface area contributed by atoms with Gasteiger partial charge >= 0.3 is 0 Å². The molecule has 0 aromatic heterocycles. The third-order valence-corrected chi connectivity index (χ3v) is 1.79. The van der Waals surface area contributed by atoms with E-state index < -0.39 is 0 Å². The minimum atomic E-state index is 0.0277. The van der Waals surface area contributed by atoms with Crippen molar-refractivity contribution in [3.8, 4) is 0 Å². The number of methoxy groups -OCH3 is 1. The van der Waals surface area contributed by atoms with E-state index in [0.717, 1.165) is 0 Å². The first-order valence-corrected chi connectivity index (χ1v) is 4.12. The Kier molecular flexibility index (Phi) is 3.46. The average molecular weight is 179 g/mol. The van der Waals surface area contributed by atoms with Gasteiger partial charge in [-0.1, -0.05) is 12.1 Å². The highest BCUT2D eigenvalue weighted by Gasteiger charge is 2.07. The summed E-state index contributed by atoms with van der Waals surface area (Å²) in [6.07, 6.45) is 0.380. The molecule has 0 amide bonds. The van der Waals surface area contributed by atoms with Crippen molar-refractivity contribution in [3.63, 3.8) is 0 Å². The summed E-state index contributed by atoms with van der Waals surface area (Å²) in [5, 5.41) is 0. The zero-order valence-corrected chi connectivity index (χ0v) is 7.62. The van der Waals surface area contributed by atoms with Crippen LogP contribution in [0.25, 0.3) is 0 Å². The van der Waals surface area contributed by atoms with Crippen molar-refractivity contribution < 1.29 is 9.53 Å². The Balaban J connectivity index is 2.71. The van der Waals surface area contributed by atoms with Gasteiger partial charge in [0.05, 0.1) is 6.61 Å². The van der Waals surface area contributed by atoms with Crippen LogP contribution in [0, 0.1) is 0 Å². The number of rotatable bonds is 4. The quantitative estimate of drug-likeness (QED) is 0.562. The van der Waals surface area contributed by atoms with Gasteiger partial charge in [-0.3, -0.25) is 4.79 Å². The first kappa shape index (κ1) is 9.74. The third kappa shape index (κ3) is 2.56. The average Bonchev–Trinajstić information content (AvgIpc) is 2.15. The Morgan fingerprint density at radius 3 is 2.77 bits per heavy atom. The van der Waals surface area contributed by atoms with Gasteiger partial charge in [0.2, 0.25) is 0 Å². The van der Waals surface area contributed by atoms with E-state index in [1.54, 1.807) is 25.3 Å². The molecule has 0 radical (unpaired) electrons. The summed E-state index contributed by atoms with van der Waals surface area (Å²) in [6.45, 7) is 0.438. The van der Waals surface area contributed by atoms with Gasteiger partial charge in [-0.2, -0.15) is 0 Å². The standard InChI is InChI=1S/C10H13NO2/c1-13-7-6-10(12)8-4-2-3-5-9(8)11/h2-5H,6-7,11H2,1H3. The topological polar surface area (TPSA) is 52.3 Å². The zero-order chi connectivity index (χ0) is 9.68. The van der Waals surface area contributed by atoms with Gasteiger partial charge in [-0.05, 0) is 12.1 Å². The lowest BCUT2D eigenvalue weighted by molar-refractivity contribution is 0.0933. The van der Waals surface area contributed by atoms with E-state index in [4.69, 9.17) is 10.5 Å². The SMILES string of the molecule is COCCC(=O)c1ccccc1N. The van der Waals surface area contributed by atoms with Crippen LogP contribution < -0.4 is 5.73 Å². The first-order valence-electron chi connectivity index (χ1n) is 4.12. The van der Waals surface area contributed by atoms with Gasteiger partial charge in [0.1, 0.15) is 0 Å².